The zero-order valence-corrected chi connectivity index (χ0v) is 13.8. The lowest BCUT2D eigenvalue weighted by Gasteiger charge is -2.29. The van der Waals surface area contributed by atoms with Crippen LogP contribution in [0.4, 0.5) is 4.39 Å². The van der Waals surface area contributed by atoms with Crippen LogP contribution in [0.1, 0.15) is 24.8 Å². The Kier molecular flexibility index (Phi) is 5.46. The Labute approximate surface area is 134 Å². The van der Waals surface area contributed by atoms with Crippen molar-refractivity contribution in [2.75, 3.05) is 13.1 Å². The maximum Gasteiger partial charge on any atom is 0.128 e. The van der Waals surface area contributed by atoms with Gasteiger partial charge < -0.3 is 5.73 Å². The van der Waals surface area contributed by atoms with Crippen LogP contribution in [0, 0.1) is 17.7 Å². The van der Waals surface area contributed by atoms with Gasteiger partial charge >= 0.3 is 0 Å². The number of fused-ring (bicyclic) bond motifs is 1. The molecule has 0 spiro atoms. The van der Waals surface area contributed by atoms with Crippen LogP contribution in [-0.2, 0) is 6.54 Å². The minimum Gasteiger partial charge on any atom is -0.327 e. The highest BCUT2D eigenvalue weighted by Gasteiger charge is 2.38. The normalized spacial score (nSPS) is 29.9. The first-order chi connectivity index (χ1) is 9.13. The molecule has 20 heavy (non-hydrogen) atoms. The number of nitrogens with two attached hydrogens (primary N) is 1. The van der Waals surface area contributed by atoms with Gasteiger partial charge in [0.15, 0.2) is 0 Å². The molecule has 0 bridgehead atoms. The summed E-state index contributed by atoms with van der Waals surface area (Å²) in [7, 11) is 0. The summed E-state index contributed by atoms with van der Waals surface area (Å²) < 4.78 is 14.7. The van der Waals surface area contributed by atoms with Gasteiger partial charge in [-0.2, -0.15) is 0 Å². The van der Waals surface area contributed by atoms with Gasteiger partial charge in [0.1, 0.15) is 5.82 Å². The number of hydrogen-bond donors (Lipinski definition) is 1. The highest BCUT2D eigenvalue weighted by Crippen LogP contribution is 2.36. The van der Waals surface area contributed by atoms with Gasteiger partial charge in [0, 0.05) is 35.7 Å². The van der Waals surface area contributed by atoms with Gasteiger partial charge in [-0.05, 0) is 36.8 Å². The third-order valence-corrected chi connectivity index (χ3v) is 5.13. The minimum atomic E-state index is -0.117. The van der Waals surface area contributed by atoms with E-state index in [0.717, 1.165) is 35.5 Å². The van der Waals surface area contributed by atoms with Crippen LogP contribution in [0.15, 0.2) is 22.7 Å². The first-order valence-electron chi connectivity index (χ1n) is 7.05. The number of rotatable bonds is 2. The Balaban J connectivity index is 0.00000147. The fraction of sp³-hybridized carbons (Fsp3) is 0.600. The van der Waals surface area contributed by atoms with Crippen LogP contribution in [0.25, 0.3) is 0 Å². The smallest absolute Gasteiger partial charge is 0.128 e. The topological polar surface area (TPSA) is 29.3 Å². The fourth-order valence-corrected chi connectivity index (χ4v) is 3.96. The van der Waals surface area contributed by atoms with Crippen molar-refractivity contribution in [3.8, 4) is 0 Å². The number of nitrogens with zero attached hydrogens (tertiary/aromatic N) is 1. The molecular weight excluding hydrogens is 343 g/mol. The molecule has 1 aliphatic heterocycles. The molecule has 2 fully saturated rings. The summed E-state index contributed by atoms with van der Waals surface area (Å²) in [5, 5.41) is 0. The Morgan fingerprint density at radius 3 is 2.80 bits per heavy atom. The first kappa shape index (κ1) is 16.2. The second-order valence-corrected chi connectivity index (χ2v) is 6.86. The largest absolute Gasteiger partial charge is 0.327 e. The standard InChI is InChI=1S/C15H20BrFN2.ClH/c16-12-5-4-11(14(17)6-12)8-19-7-10-2-1-3-15(18)13(10)9-19;/h4-6,10,13,15H,1-3,7-9,18H2;1H. The van der Waals surface area contributed by atoms with E-state index in [1.807, 2.05) is 12.1 Å². The molecule has 1 saturated heterocycles. The third-order valence-electron chi connectivity index (χ3n) is 4.64. The van der Waals surface area contributed by atoms with Gasteiger partial charge in [-0.25, -0.2) is 4.39 Å². The Bertz CT molecular complexity index is 471. The number of hydrogen-bond acceptors (Lipinski definition) is 2. The van der Waals surface area contributed by atoms with Gasteiger partial charge in [-0.15, -0.1) is 12.4 Å². The molecule has 3 unspecified atom stereocenters. The van der Waals surface area contributed by atoms with Gasteiger partial charge in [0.05, 0.1) is 0 Å². The van der Waals surface area contributed by atoms with Gasteiger partial charge in [-0.1, -0.05) is 28.4 Å². The molecule has 1 aromatic rings. The van der Waals surface area contributed by atoms with Crippen LogP contribution in [-0.4, -0.2) is 24.0 Å². The van der Waals surface area contributed by atoms with Crippen molar-refractivity contribution in [3.63, 3.8) is 0 Å². The second kappa shape index (κ2) is 6.73. The molecule has 0 aromatic heterocycles. The molecule has 3 atom stereocenters. The molecular formula is C15H21BrClFN2. The maximum absolute atomic E-state index is 13.9. The van der Waals surface area contributed by atoms with Crippen LogP contribution < -0.4 is 5.73 Å². The van der Waals surface area contributed by atoms with Crippen LogP contribution in [0.3, 0.4) is 0 Å². The molecule has 5 heteroatoms. The van der Waals surface area contributed by atoms with Crippen LogP contribution in [0.2, 0.25) is 0 Å². The number of halogens is 3. The van der Waals surface area contributed by atoms with E-state index in [0.29, 0.717) is 18.5 Å². The van der Waals surface area contributed by atoms with Gasteiger partial charge in [0.2, 0.25) is 0 Å². The van der Waals surface area contributed by atoms with Gasteiger partial charge in [0.25, 0.3) is 0 Å². The van der Waals surface area contributed by atoms with E-state index in [9.17, 15) is 4.39 Å². The lowest BCUT2D eigenvalue weighted by Crippen LogP contribution is -2.38. The van der Waals surface area contributed by atoms with E-state index in [-0.39, 0.29) is 18.2 Å². The molecule has 112 valence electrons. The molecule has 2 N–H and O–H groups in total. The molecule has 1 aliphatic carbocycles. The summed E-state index contributed by atoms with van der Waals surface area (Å²) in [6.45, 7) is 2.81. The monoisotopic (exact) mass is 362 g/mol. The summed E-state index contributed by atoms with van der Waals surface area (Å²) in [6.07, 6.45) is 3.70. The van der Waals surface area contributed by atoms with Crippen molar-refractivity contribution >= 4 is 28.3 Å². The van der Waals surface area contributed by atoms with Gasteiger partial charge in [-0.3, -0.25) is 4.90 Å². The Morgan fingerprint density at radius 1 is 1.30 bits per heavy atom. The van der Waals surface area contributed by atoms with E-state index in [1.165, 1.54) is 12.8 Å². The molecule has 2 aliphatic rings. The molecule has 0 radical (unpaired) electrons. The quantitative estimate of drug-likeness (QED) is 0.870. The molecule has 3 rings (SSSR count). The highest BCUT2D eigenvalue weighted by molar-refractivity contribution is 9.10. The zero-order valence-electron chi connectivity index (χ0n) is 11.4. The summed E-state index contributed by atoms with van der Waals surface area (Å²) >= 11 is 3.30. The SMILES string of the molecule is Cl.NC1CCCC2CN(Cc3ccc(Br)cc3F)CC12. The van der Waals surface area contributed by atoms with Crippen molar-refractivity contribution in [3.05, 3.63) is 34.1 Å². The average Bonchev–Trinajstić information content (AvgIpc) is 2.77. The molecule has 2 nitrogen and oxygen atoms in total. The maximum atomic E-state index is 13.9. The molecule has 0 amide bonds. The molecule has 1 heterocycles. The fourth-order valence-electron chi connectivity index (χ4n) is 3.63. The zero-order chi connectivity index (χ0) is 13.4. The van der Waals surface area contributed by atoms with E-state index >= 15 is 0 Å². The van der Waals surface area contributed by atoms with Crippen molar-refractivity contribution in [2.24, 2.45) is 17.6 Å². The highest BCUT2D eigenvalue weighted by atomic mass is 79.9. The predicted molar refractivity (Wildman–Crippen MR) is 85.4 cm³/mol. The number of benzene rings is 1. The first-order valence-corrected chi connectivity index (χ1v) is 7.84. The summed E-state index contributed by atoms with van der Waals surface area (Å²) in [5.41, 5.74) is 7.01. The Hall–Kier alpha value is -0.160. The molecule has 1 saturated carbocycles. The number of likely N-dealkylation sites (tertiary alicyclic amines) is 1. The molecule has 1 aromatic carbocycles. The lowest BCUT2D eigenvalue weighted by atomic mass is 9.78. The third kappa shape index (κ3) is 3.35. The van der Waals surface area contributed by atoms with Crippen LogP contribution >= 0.6 is 28.3 Å². The van der Waals surface area contributed by atoms with E-state index in [4.69, 9.17) is 5.73 Å². The summed E-state index contributed by atoms with van der Waals surface area (Å²) in [4.78, 5) is 2.37. The van der Waals surface area contributed by atoms with E-state index < -0.39 is 0 Å². The Morgan fingerprint density at radius 2 is 2.10 bits per heavy atom. The lowest BCUT2D eigenvalue weighted by molar-refractivity contribution is 0.259. The minimum absolute atomic E-state index is 0. The van der Waals surface area contributed by atoms with E-state index in [1.54, 1.807) is 6.07 Å². The van der Waals surface area contributed by atoms with Crippen molar-refractivity contribution in [1.29, 1.82) is 0 Å². The summed E-state index contributed by atoms with van der Waals surface area (Å²) in [5.74, 6) is 1.23. The summed E-state index contributed by atoms with van der Waals surface area (Å²) in [6, 6.07) is 5.68. The van der Waals surface area contributed by atoms with Crippen LogP contribution in [0.5, 0.6) is 0 Å². The van der Waals surface area contributed by atoms with Crippen molar-refractivity contribution in [2.45, 2.75) is 31.8 Å². The van der Waals surface area contributed by atoms with Crippen molar-refractivity contribution < 1.29 is 4.39 Å². The predicted octanol–water partition coefficient (Wildman–Crippen LogP) is 3.57. The van der Waals surface area contributed by atoms with E-state index in [2.05, 4.69) is 20.8 Å². The second-order valence-electron chi connectivity index (χ2n) is 5.95. The average molecular weight is 364 g/mol. The van der Waals surface area contributed by atoms with Crippen molar-refractivity contribution in [1.82, 2.24) is 4.90 Å².